The highest BCUT2D eigenvalue weighted by molar-refractivity contribution is 5.92. The van der Waals surface area contributed by atoms with Crippen LogP contribution in [0.15, 0.2) is 24.3 Å². The second-order valence-electron chi connectivity index (χ2n) is 4.77. The summed E-state index contributed by atoms with van der Waals surface area (Å²) in [5, 5.41) is 6.05. The van der Waals surface area contributed by atoms with Gasteiger partial charge in [0, 0.05) is 31.1 Å². The normalized spacial score (nSPS) is 18.5. The van der Waals surface area contributed by atoms with Gasteiger partial charge in [-0.1, -0.05) is 12.1 Å². The first-order valence-corrected chi connectivity index (χ1v) is 6.62. The van der Waals surface area contributed by atoms with Gasteiger partial charge >= 0.3 is 0 Å². The quantitative estimate of drug-likeness (QED) is 0.693. The van der Waals surface area contributed by atoms with Crippen LogP contribution in [0, 0.1) is 0 Å². The lowest BCUT2D eigenvalue weighted by atomic mass is 10.1. The lowest BCUT2D eigenvalue weighted by Crippen LogP contribution is -2.44. The molecule has 20 heavy (non-hydrogen) atoms. The molecule has 1 aromatic carbocycles. The number of carbonyl (C=O) groups excluding carboxylic acids is 2. The Labute approximate surface area is 117 Å². The number of carbonyl (C=O) groups is 2. The van der Waals surface area contributed by atoms with Gasteiger partial charge in [0.15, 0.2) is 0 Å². The monoisotopic (exact) mass is 277 g/mol. The molecular weight excluding hydrogens is 258 g/mol. The summed E-state index contributed by atoms with van der Waals surface area (Å²) >= 11 is 0. The van der Waals surface area contributed by atoms with Crippen LogP contribution in [0.3, 0.4) is 0 Å². The van der Waals surface area contributed by atoms with Gasteiger partial charge < -0.3 is 21.1 Å². The number of nitrogens with two attached hydrogens (primary N) is 1. The fourth-order valence-corrected chi connectivity index (χ4v) is 2.08. The molecule has 108 valence electrons. The zero-order chi connectivity index (χ0) is 14.4. The molecule has 1 aliphatic rings. The van der Waals surface area contributed by atoms with E-state index in [1.165, 1.54) is 0 Å². The molecule has 6 heteroatoms. The second kappa shape index (κ2) is 7.02. The number of morpholine rings is 1. The molecule has 1 heterocycles. The van der Waals surface area contributed by atoms with Crippen molar-refractivity contribution in [3.05, 3.63) is 35.4 Å². The molecule has 1 aromatic rings. The first kappa shape index (κ1) is 14.5. The Balaban J connectivity index is 1.80. The third-order valence-corrected chi connectivity index (χ3v) is 3.13. The average molecular weight is 277 g/mol. The second-order valence-corrected chi connectivity index (χ2v) is 4.77. The lowest BCUT2D eigenvalue weighted by Gasteiger charge is -2.23. The van der Waals surface area contributed by atoms with Gasteiger partial charge in [0.05, 0.1) is 13.2 Å². The Morgan fingerprint density at radius 3 is 3.00 bits per heavy atom. The number of nitrogens with one attached hydrogen (secondary N) is 2. The van der Waals surface area contributed by atoms with Crippen molar-refractivity contribution in [1.82, 2.24) is 10.6 Å². The summed E-state index contributed by atoms with van der Waals surface area (Å²) in [5.41, 5.74) is 6.51. The van der Waals surface area contributed by atoms with Crippen LogP contribution < -0.4 is 16.4 Å². The third-order valence-electron chi connectivity index (χ3n) is 3.13. The maximum absolute atomic E-state index is 11.8. The fraction of sp³-hybridized carbons (Fsp3) is 0.429. The van der Waals surface area contributed by atoms with Crippen LogP contribution in [-0.4, -0.2) is 37.6 Å². The predicted octanol–water partition coefficient (Wildman–Crippen LogP) is -0.220. The van der Waals surface area contributed by atoms with Gasteiger partial charge in [-0.15, -0.1) is 0 Å². The predicted molar refractivity (Wildman–Crippen MR) is 74.0 cm³/mol. The number of rotatable bonds is 5. The van der Waals surface area contributed by atoms with Gasteiger partial charge in [0.25, 0.3) is 0 Å². The molecule has 0 spiro atoms. The highest BCUT2D eigenvalue weighted by Crippen LogP contribution is 2.05. The molecule has 0 saturated carbocycles. The maximum Gasteiger partial charge on any atom is 0.248 e. The van der Waals surface area contributed by atoms with Crippen molar-refractivity contribution in [3.63, 3.8) is 0 Å². The summed E-state index contributed by atoms with van der Waals surface area (Å²) in [4.78, 5) is 22.9. The van der Waals surface area contributed by atoms with Crippen LogP contribution in [0.2, 0.25) is 0 Å². The van der Waals surface area contributed by atoms with Crippen molar-refractivity contribution < 1.29 is 14.3 Å². The fourth-order valence-electron chi connectivity index (χ4n) is 2.08. The van der Waals surface area contributed by atoms with E-state index in [0.29, 0.717) is 31.7 Å². The summed E-state index contributed by atoms with van der Waals surface area (Å²) in [6, 6.07) is 7.00. The molecule has 4 N–H and O–H groups in total. The number of amides is 2. The van der Waals surface area contributed by atoms with Crippen LogP contribution in [0.1, 0.15) is 22.3 Å². The number of hydrogen-bond donors (Lipinski definition) is 3. The molecule has 1 fully saturated rings. The summed E-state index contributed by atoms with van der Waals surface area (Å²) in [7, 11) is 0. The Kier molecular flexibility index (Phi) is 5.09. The van der Waals surface area contributed by atoms with E-state index in [-0.39, 0.29) is 11.9 Å². The van der Waals surface area contributed by atoms with Crippen molar-refractivity contribution in [2.45, 2.75) is 19.0 Å². The SMILES string of the molecule is NC(=O)c1cccc(CNC(=O)CC2COCCN2)c1. The maximum atomic E-state index is 11.8. The van der Waals surface area contributed by atoms with E-state index in [0.717, 1.165) is 12.1 Å². The smallest absolute Gasteiger partial charge is 0.248 e. The van der Waals surface area contributed by atoms with Crippen LogP contribution >= 0.6 is 0 Å². The van der Waals surface area contributed by atoms with E-state index in [2.05, 4.69) is 10.6 Å². The highest BCUT2D eigenvalue weighted by Gasteiger charge is 2.16. The van der Waals surface area contributed by atoms with E-state index < -0.39 is 5.91 Å². The number of benzene rings is 1. The molecule has 0 radical (unpaired) electrons. The molecule has 1 unspecified atom stereocenters. The van der Waals surface area contributed by atoms with E-state index in [9.17, 15) is 9.59 Å². The first-order valence-electron chi connectivity index (χ1n) is 6.62. The molecule has 2 amide bonds. The lowest BCUT2D eigenvalue weighted by molar-refractivity contribution is -0.122. The minimum atomic E-state index is -0.471. The van der Waals surface area contributed by atoms with E-state index in [1.54, 1.807) is 18.2 Å². The third kappa shape index (κ3) is 4.32. The summed E-state index contributed by atoms with van der Waals surface area (Å²) < 4.78 is 5.29. The van der Waals surface area contributed by atoms with Crippen molar-refractivity contribution >= 4 is 11.8 Å². The molecule has 0 aromatic heterocycles. The molecule has 0 aliphatic carbocycles. The van der Waals surface area contributed by atoms with Gasteiger partial charge in [-0.3, -0.25) is 9.59 Å². The van der Waals surface area contributed by atoms with Gasteiger partial charge in [-0.05, 0) is 17.7 Å². The number of ether oxygens (including phenoxy) is 1. The molecule has 2 rings (SSSR count). The van der Waals surface area contributed by atoms with Crippen molar-refractivity contribution in [2.24, 2.45) is 5.73 Å². The minimum absolute atomic E-state index is 0.0440. The van der Waals surface area contributed by atoms with Crippen LogP contribution in [0.4, 0.5) is 0 Å². The number of hydrogen-bond acceptors (Lipinski definition) is 4. The Hall–Kier alpha value is -1.92. The minimum Gasteiger partial charge on any atom is -0.378 e. The Morgan fingerprint density at radius 1 is 1.45 bits per heavy atom. The Morgan fingerprint density at radius 2 is 2.30 bits per heavy atom. The standard InChI is InChI=1S/C14H19N3O3/c15-14(19)11-3-1-2-10(6-11)8-17-13(18)7-12-9-20-5-4-16-12/h1-3,6,12,16H,4-5,7-9H2,(H2,15,19)(H,17,18). The van der Waals surface area contributed by atoms with E-state index >= 15 is 0 Å². The van der Waals surface area contributed by atoms with Crippen molar-refractivity contribution in [3.8, 4) is 0 Å². The summed E-state index contributed by atoms with van der Waals surface area (Å²) in [6.45, 7) is 2.41. The first-order chi connectivity index (χ1) is 9.65. The van der Waals surface area contributed by atoms with Gasteiger partial charge in [0.2, 0.25) is 11.8 Å². The number of primary amides is 1. The van der Waals surface area contributed by atoms with Crippen molar-refractivity contribution in [2.75, 3.05) is 19.8 Å². The molecule has 0 bridgehead atoms. The van der Waals surface area contributed by atoms with Gasteiger partial charge in [-0.25, -0.2) is 0 Å². The topological polar surface area (TPSA) is 93.5 Å². The molecule has 1 aliphatic heterocycles. The van der Waals surface area contributed by atoms with Crippen LogP contribution in [0.5, 0.6) is 0 Å². The zero-order valence-corrected chi connectivity index (χ0v) is 11.2. The highest BCUT2D eigenvalue weighted by atomic mass is 16.5. The molecular formula is C14H19N3O3. The van der Waals surface area contributed by atoms with Gasteiger partial charge in [0.1, 0.15) is 0 Å². The van der Waals surface area contributed by atoms with Gasteiger partial charge in [-0.2, -0.15) is 0 Å². The molecule has 1 saturated heterocycles. The molecule has 6 nitrogen and oxygen atoms in total. The average Bonchev–Trinajstić information content (AvgIpc) is 2.46. The van der Waals surface area contributed by atoms with E-state index in [1.807, 2.05) is 6.07 Å². The van der Waals surface area contributed by atoms with Crippen molar-refractivity contribution in [1.29, 1.82) is 0 Å². The summed E-state index contributed by atoms with van der Waals surface area (Å²) in [5.74, 6) is -0.515. The van der Waals surface area contributed by atoms with Crippen LogP contribution in [-0.2, 0) is 16.1 Å². The van der Waals surface area contributed by atoms with Crippen LogP contribution in [0.25, 0.3) is 0 Å². The van der Waals surface area contributed by atoms with E-state index in [4.69, 9.17) is 10.5 Å². The summed E-state index contributed by atoms with van der Waals surface area (Å²) in [6.07, 6.45) is 0.384. The Bertz CT molecular complexity index is 484. The largest absolute Gasteiger partial charge is 0.378 e. The molecule has 1 atom stereocenters. The zero-order valence-electron chi connectivity index (χ0n) is 11.2.